The van der Waals surface area contributed by atoms with Gasteiger partial charge in [0, 0.05) is 18.8 Å². The lowest BCUT2D eigenvalue weighted by molar-refractivity contribution is 0.0690. The maximum absolute atomic E-state index is 10.8. The molecule has 0 aliphatic heterocycles. The van der Waals surface area contributed by atoms with Gasteiger partial charge in [0.25, 0.3) is 0 Å². The van der Waals surface area contributed by atoms with Gasteiger partial charge in [-0.15, -0.1) is 0 Å². The molecule has 0 saturated carbocycles. The molecule has 1 aromatic rings. The largest absolute Gasteiger partial charge is 0.477 e. The summed E-state index contributed by atoms with van der Waals surface area (Å²) in [4.78, 5) is 16.8. The maximum atomic E-state index is 10.8. The van der Waals surface area contributed by atoms with Crippen LogP contribution in [0.5, 0.6) is 0 Å². The van der Waals surface area contributed by atoms with Crippen LogP contribution in [0.3, 0.4) is 0 Å². The van der Waals surface area contributed by atoms with Gasteiger partial charge in [-0.05, 0) is 38.1 Å². The number of aromatic carboxylic acids is 1. The van der Waals surface area contributed by atoms with E-state index < -0.39 is 5.97 Å². The number of carboxylic acids is 1. The standard InChI is InChI=1S/C12H18N2O2/c1-4-14(9(2)3)8-10-5-6-13-11(7-10)12(15)16/h5-7,9H,4,8H2,1-3H3,(H,15,16). The quantitative estimate of drug-likeness (QED) is 0.828. The Hall–Kier alpha value is -1.42. The summed E-state index contributed by atoms with van der Waals surface area (Å²) in [7, 11) is 0. The van der Waals surface area contributed by atoms with Crippen molar-refractivity contribution < 1.29 is 9.90 Å². The highest BCUT2D eigenvalue weighted by Crippen LogP contribution is 2.08. The Balaban J connectivity index is 2.80. The summed E-state index contributed by atoms with van der Waals surface area (Å²) in [6.07, 6.45) is 1.55. The van der Waals surface area contributed by atoms with Crippen molar-refractivity contribution in [3.05, 3.63) is 29.6 Å². The van der Waals surface area contributed by atoms with E-state index in [4.69, 9.17) is 5.11 Å². The van der Waals surface area contributed by atoms with Gasteiger partial charge < -0.3 is 5.11 Å². The van der Waals surface area contributed by atoms with Gasteiger partial charge >= 0.3 is 5.97 Å². The minimum atomic E-state index is -0.977. The van der Waals surface area contributed by atoms with Gasteiger partial charge in [0.15, 0.2) is 0 Å². The summed E-state index contributed by atoms with van der Waals surface area (Å²) in [5.41, 5.74) is 1.10. The van der Waals surface area contributed by atoms with Crippen LogP contribution in [0.4, 0.5) is 0 Å². The fourth-order valence-corrected chi connectivity index (χ4v) is 1.58. The first kappa shape index (κ1) is 12.6. The number of carbonyl (C=O) groups is 1. The summed E-state index contributed by atoms with van der Waals surface area (Å²) < 4.78 is 0. The smallest absolute Gasteiger partial charge is 0.354 e. The van der Waals surface area contributed by atoms with E-state index in [0.717, 1.165) is 18.7 Å². The van der Waals surface area contributed by atoms with Gasteiger partial charge in [-0.25, -0.2) is 9.78 Å². The molecule has 0 bridgehead atoms. The van der Waals surface area contributed by atoms with Crippen molar-refractivity contribution >= 4 is 5.97 Å². The van der Waals surface area contributed by atoms with E-state index in [-0.39, 0.29) is 5.69 Å². The molecule has 0 fully saturated rings. The lowest BCUT2D eigenvalue weighted by Crippen LogP contribution is -2.30. The molecular formula is C12H18N2O2. The van der Waals surface area contributed by atoms with E-state index in [1.807, 2.05) is 6.07 Å². The molecule has 1 heterocycles. The van der Waals surface area contributed by atoms with Crippen LogP contribution in [0.25, 0.3) is 0 Å². The first-order valence-electron chi connectivity index (χ1n) is 5.46. The highest BCUT2D eigenvalue weighted by molar-refractivity contribution is 5.85. The second-order valence-electron chi connectivity index (χ2n) is 4.01. The van der Waals surface area contributed by atoms with Crippen LogP contribution in [-0.2, 0) is 6.54 Å². The Morgan fingerprint density at radius 3 is 2.75 bits per heavy atom. The molecule has 0 aromatic carbocycles. The molecule has 88 valence electrons. The number of hydrogen-bond donors (Lipinski definition) is 1. The second kappa shape index (κ2) is 5.61. The average Bonchev–Trinajstić information content (AvgIpc) is 2.25. The normalized spacial score (nSPS) is 11.1. The van der Waals surface area contributed by atoms with Gasteiger partial charge in [-0.1, -0.05) is 6.92 Å². The molecular weight excluding hydrogens is 204 g/mol. The maximum Gasteiger partial charge on any atom is 0.354 e. The third-order valence-corrected chi connectivity index (χ3v) is 2.57. The number of pyridine rings is 1. The molecule has 0 spiro atoms. The minimum absolute atomic E-state index is 0.109. The van der Waals surface area contributed by atoms with Gasteiger partial charge in [0.05, 0.1) is 0 Å². The molecule has 0 aliphatic rings. The number of aromatic nitrogens is 1. The molecule has 1 rings (SSSR count). The van der Waals surface area contributed by atoms with E-state index in [1.165, 1.54) is 0 Å². The predicted octanol–water partition coefficient (Wildman–Crippen LogP) is 2.01. The minimum Gasteiger partial charge on any atom is -0.477 e. The van der Waals surface area contributed by atoms with E-state index >= 15 is 0 Å². The van der Waals surface area contributed by atoms with Gasteiger partial charge in [-0.3, -0.25) is 4.90 Å². The fraction of sp³-hybridized carbons (Fsp3) is 0.500. The predicted molar refractivity (Wildman–Crippen MR) is 62.4 cm³/mol. The van der Waals surface area contributed by atoms with Crippen LogP contribution in [0.15, 0.2) is 18.3 Å². The van der Waals surface area contributed by atoms with Crippen molar-refractivity contribution in [3.63, 3.8) is 0 Å². The molecule has 0 unspecified atom stereocenters. The van der Waals surface area contributed by atoms with Crippen LogP contribution in [0.2, 0.25) is 0 Å². The van der Waals surface area contributed by atoms with E-state index in [0.29, 0.717) is 6.04 Å². The van der Waals surface area contributed by atoms with Crippen molar-refractivity contribution in [2.45, 2.75) is 33.4 Å². The monoisotopic (exact) mass is 222 g/mol. The molecule has 0 aliphatic carbocycles. The van der Waals surface area contributed by atoms with Crippen molar-refractivity contribution in [1.82, 2.24) is 9.88 Å². The molecule has 1 N–H and O–H groups in total. The summed E-state index contributed by atoms with van der Waals surface area (Å²) in [5.74, 6) is -0.977. The Labute approximate surface area is 95.9 Å². The average molecular weight is 222 g/mol. The summed E-state index contributed by atoms with van der Waals surface area (Å²) in [6, 6.07) is 3.94. The van der Waals surface area contributed by atoms with Gasteiger partial charge in [0.1, 0.15) is 5.69 Å². The van der Waals surface area contributed by atoms with Crippen LogP contribution < -0.4 is 0 Å². The number of nitrogens with zero attached hydrogens (tertiary/aromatic N) is 2. The number of carboxylic acid groups (broad SMARTS) is 1. The van der Waals surface area contributed by atoms with Crippen molar-refractivity contribution in [1.29, 1.82) is 0 Å². The zero-order chi connectivity index (χ0) is 12.1. The number of hydrogen-bond acceptors (Lipinski definition) is 3. The lowest BCUT2D eigenvalue weighted by atomic mass is 10.2. The zero-order valence-corrected chi connectivity index (χ0v) is 9.97. The van der Waals surface area contributed by atoms with E-state index in [9.17, 15) is 4.79 Å². The molecule has 0 saturated heterocycles. The Morgan fingerprint density at radius 1 is 1.56 bits per heavy atom. The highest BCUT2D eigenvalue weighted by atomic mass is 16.4. The van der Waals surface area contributed by atoms with Crippen LogP contribution >= 0.6 is 0 Å². The van der Waals surface area contributed by atoms with Gasteiger partial charge in [-0.2, -0.15) is 0 Å². The SMILES string of the molecule is CCN(Cc1ccnc(C(=O)O)c1)C(C)C. The lowest BCUT2D eigenvalue weighted by Gasteiger charge is -2.24. The molecule has 4 nitrogen and oxygen atoms in total. The van der Waals surface area contributed by atoms with Crippen LogP contribution in [-0.4, -0.2) is 33.5 Å². The Morgan fingerprint density at radius 2 is 2.25 bits per heavy atom. The Bertz CT molecular complexity index is 364. The second-order valence-corrected chi connectivity index (χ2v) is 4.01. The first-order valence-corrected chi connectivity index (χ1v) is 5.46. The molecule has 16 heavy (non-hydrogen) atoms. The van der Waals surface area contributed by atoms with Crippen molar-refractivity contribution in [3.8, 4) is 0 Å². The number of rotatable bonds is 5. The Kier molecular flexibility index (Phi) is 4.43. The topological polar surface area (TPSA) is 53.4 Å². The summed E-state index contributed by atoms with van der Waals surface area (Å²) >= 11 is 0. The van der Waals surface area contributed by atoms with Crippen molar-refractivity contribution in [2.24, 2.45) is 0 Å². The van der Waals surface area contributed by atoms with E-state index in [1.54, 1.807) is 12.3 Å². The molecule has 0 amide bonds. The van der Waals surface area contributed by atoms with Crippen LogP contribution in [0.1, 0.15) is 36.8 Å². The van der Waals surface area contributed by atoms with E-state index in [2.05, 4.69) is 30.7 Å². The third kappa shape index (κ3) is 3.31. The van der Waals surface area contributed by atoms with Crippen molar-refractivity contribution in [2.75, 3.05) is 6.54 Å². The third-order valence-electron chi connectivity index (χ3n) is 2.57. The first-order chi connectivity index (χ1) is 7.54. The van der Waals surface area contributed by atoms with Gasteiger partial charge in [0.2, 0.25) is 0 Å². The van der Waals surface area contributed by atoms with Crippen LogP contribution in [0, 0.1) is 0 Å². The summed E-state index contributed by atoms with van der Waals surface area (Å²) in [5, 5.41) is 8.83. The molecule has 4 heteroatoms. The molecule has 0 radical (unpaired) electrons. The zero-order valence-electron chi connectivity index (χ0n) is 9.97. The molecule has 0 atom stereocenters. The summed E-state index contributed by atoms with van der Waals surface area (Å²) in [6.45, 7) is 8.06. The molecule has 1 aromatic heterocycles. The highest BCUT2D eigenvalue weighted by Gasteiger charge is 2.10. The fourth-order valence-electron chi connectivity index (χ4n) is 1.58.